The second kappa shape index (κ2) is 4.97. The van der Waals surface area contributed by atoms with Gasteiger partial charge in [0, 0.05) is 41.6 Å². The molecule has 0 spiro atoms. The number of carbonyl (C=O) groups is 1. The van der Waals surface area contributed by atoms with Crippen LogP contribution in [0.1, 0.15) is 24.0 Å². The summed E-state index contributed by atoms with van der Waals surface area (Å²) in [5, 5.41) is 0. The highest BCUT2D eigenvalue weighted by atomic mass is 16.2. The summed E-state index contributed by atoms with van der Waals surface area (Å²) in [7, 11) is 0. The average molecular weight is 316 g/mol. The normalized spacial score (nSPS) is 16.6. The van der Waals surface area contributed by atoms with Crippen LogP contribution in [-0.2, 0) is 11.2 Å². The number of aromatic nitrogens is 1. The molecule has 0 N–H and O–H groups in total. The molecule has 3 aromatic rings. The molecule has 1 amide bonds. The first-order chi connectivity index (χ1) is 11.7. The molecule has 2 aromatic heterocycles. The second-order valence-corrected chi connectivity index (χ2v) is 7.12. The number of hydrogen-bond donors (Lipinski definition) is 0. The molecule has 3 heterocycles. The quantitative estimate of drug-likeness (QED) is 0.695. The van der Waals surface area contributed by atoms with Crippen molar-refractivity contribution in [1.29, 1.82) is 0 Å². The van der Waals surface area contributed by atoms with E-state index in [2.05, 4.69) is 60.1 Å². The third-order valence-corrected chi connectivity index (χ3v) is 5.25. The summed E-state index contributed by atoms with van der Waals surface area (Å²) in [5.41, 5.74) is 7.38. The maximum Gasteiger partial charge on any atom is 0.230 e. The van der Waals surface area contributed by atoms with Crippen LogP contribution < -0.4 is 4.90 Å². The van der Waals surface area contributed by atoms with Crippen molar-refractivity contribution in [2.75, 3.05) is 11.4 Å². The maximum atomic E-state index is 12.4. The van der Waals surface area contributed by atoms with E-state index in [-0.39, 0.29) is 5.92 Å². The third-order valence-electron chi connectivity index (χ3n) is 5.25. The van der Waals surface area contributed by atoms with E-state index in [1.165, 1.54) is 27.8 Å². The number of rotatable bonds is 2. The highest BCUT2D eigenvalue weighted by Crippen LogP contribution is 2.38. The number of amides is 1. The van der Waals surface area contributed by atoms with Gasteiger partial charge in [-0.25, -0.2) is 0 Å². The summed E-state index contributed by atoms with van der Waals surface area (Å²) in [6, 6.07) is 13.1. The van der Waals surface area contributed by atoms with Crippen molar-refractivity contribution in [3.63, 3.8) is 0 Å². The molecule has 1 aliphatic carbocycles. The molecule has 2 aliphatic rings. The zero-order chi connectivity index (χ0) is 16.3. The lowest BCUT2D eigenvalue weighted by Crippen LogP contribution is -2.30. The summed E-state index contributed by atoms with van der Waals surface area (Å²) >= 11 is 0. The minimum Gasteiger partial charge on any atom is -0.323 e. The molecule has 5 rings (SSSR count). The molecule has 1 aliphatic heterocycles. The van der Waals surface area contributed by atoms with Gasteiger partial charge in [-0.1, -0.05) is 6.07 Å². The number of benzene rings is 1. The third kappa shape index (κ3) is 2.15. The number of hydrogen-bond acceptors (Lipinski definition) is 1. The standard InChI is InChI=1S/C21H20N2O/c1-14-6-8-22-13-18(12-19(22)10-14)16-4-5-20-17(11-16)7-9-23(20)21(24)15-2-3-15/h4-6,8,10-13,15H,2-3,7,9H2,1H3. The first kappa shape index (κ1) is 13.8. The lowest BCUT2D eigenvalue weighted by molar-refractivity contribution is -0.119. The Morgan fingerprint density at radius 1 is 1.08 bits per heavy atom. The summed E-state index contributed by atoms with van der Waals surface area (Å²) in [6.07, 6.45) is 7.39. The monoisotopic (exact) mass is 316 g/mol. The van der Waals surface area contributed by atoms with E-state index >= 15 is 0 Å². The Kier molecular flexibility index (Phi) is 2.87. The first-order valence-electron chi connectivity index (χ1n) is 8.72. The fourth-order valence-electron chi connectivity index (χ4n) is 3.74. The predicted molar refractivity (Wildman–Crippen MR) is 96.4 cm³/mol. The van der Waals surface area contributed by atoms with Gasteiger partial charge in [-0.05, 0) is 73.2 Å². The van der Waals surface area contributed by atoms with Crippen LogP contribution in [0.5, 0.6) is 0 Å². The van der Waals surface area contributed by atoms with E-state index in [1.54, 1.807) is 0 Å². The van der Waals surface area contributed by atoms with Crippen molar-refractivity contribution in [3.8, 4) is 11.1 Å². The van der Waals surface area contributed by atoms with Crippen molar-refractivity contribution in [2.45, 2.75) is 26.2 Å². The van der Waals surface area contributed by atoms with Gasteiger partial charge in [-0.2, -0.15) is 0 Å². The zero-order valence-corrected chi connectivity index (χ0v) is 13.8. The Bertz CT molecular complexity index is 965. The molecular weight excluding hydrogens is 296 g/mol. The lowest BCUT2D eigenvalue weighted by Gasteiger charge is -2.17. The van der Waals surface area contributed by atoms with E-state index in [1.807, 2.05) is 4.90 Å². The van der Waals surface area contributed by atoms with E-state index in [9.17, 15) is 4.79 Å². The summed E-state index contributed by atoms with van der Waals surface area (Å²) < 4.78 is 2.17. The smallest absolute Gasteiger partial charge is 0.230 e. The Balaban J connectivity index is 1.52. The van der Waals surface area contributed by atoms with Gasteiger partial charge < -0.3 is 9.30 Å². The van der Waals surface area contributed by atoms with Gasteiger partial charge >= 0.3 is 0 Å². The molecule has 120 valence electrons. The first-order valence-corrected chi connectivity index (χ1v) is 8.72. The summed E-state index contributed by atoms with van der Waals surface area (Å²) in [5.74, 6) is 0.613. The fraction of sp³-hybridized carbons (Fsp3) is 0.286. The summed E-state index contributed by atoms with van der Waals surface area (Å²) in [6.45, 7) is 2.96. The minimum atomic E-state index is 0.288. The minimum absolute atomic E-state index is 0.288. The van der Waals surface area contributed by atoms with Crippen LogP contribution in [0.2, 0.25) is 0 Å². The van der Waals surface area contributed by atoms with Gasteiger partial charge in [0.15, 0.2) is 0 Å². The largest absolute Gasteiger partial charge is 0.323 e. The zero-order valence-electron chi connectivity index (χ0n) is 13.8. The molecule has 24 heavy (non-hydrogen) atoms. The van der Waals surface area contributed by atoms with Gasteiger partial charge in [-0.15, -0.1) is 0 Å². The Morgan fingerprint density at radius 2 is 1.96 bits per heavy atom. The topological polar surface area (TPSA) is 24.7 Å². The van der Waals surface area contributed by atoms with Gasteiger partial charge in [0.25, 0.3) is 0 Å². The van der Waals surface area contributed by atoms with E-state index in [0.29, 0.717) is 5.91 Å². The fourth-order valence-corrected chi connectivity index (χ4v) is 3.74. The maximum absolute atomic E-state index is 12.4. The Hall–Kier alpha value is -2.55. The number of carbonyl (C=O) groups excluding carboxylic acids is 1. The molecule has 0 atom stereocenters. The number of aryl methyl sites for hydroxylation is 1. The van der Waals surface area contributed by atoms with E-state index < -0.39 is 0 Å². The molecule has 0 saturated heterocycles. The predicted octanol–water partition coefficient (Wildman–Crippen LogP) is 4.21. The molecule has 3 heteroatoms. The number of nitrogens with zero attached hydrogens (tertiary/aromatic N) is 2. The van der Waals surface area contributed by atoms with Gasteiger partial charge in [0.1, 0.15) is 0 Å². The Labute approximate surface area is 141 Å². The SMILES string of the molecule is Cc1ccn2cc(-c3ccc4c(c3)CCN4C(=O)C3CC3)cc2c1. The van der Waals surface area contributed by atoms with Crippen LogP contribution in [0.3, 0.4) is 0 Å². The van der Waals surface area contributed by atoms with Crippen molar-refractivity contribution in [3.05, 3.63) is 59.9 Å². The lowest BCUT2D eigenvalue weighted by atomic mass is 10.0. The van der Waals surface area contributed by atoms with E-state index in [0.717, 1.165) is 31.5 Å². The molecule has 3 nitrogen and oxygen atoms in total. The molecular formula is C21H20N2O. The molecule has 1 saturated carbocycles. The highest BCUT2D eigenvalue weighted by molar-refractivity contribution is 5.98. The van der Waals surface area contributed by atoms with Crippen LogP contribution in [-0.4, -0.2) is 16.9 Å². The van der Waals surface area contributed by atoms with Gasteiger partial charge in [0.2, 0.25) is 5.91 Å². The average Bonchev–Trinajstić information content (AvgIpc) is 3.22. The van der Waals surface area contributed by atoms with Crippen LogP contribution in [0, 0.1) is 12.8 Å². The van der Waals surface area contributed by atoms with Crippen LogP contribution >= 0.6 is 0 Å². The van der Waals surface area contributed by atoms with Crippen LogP contribution in [0.4, 0.5) is 5.69 Å². The van der Waals surface area contributed by atoms with Crippen molar-refractivity contribution < 1.29 is 4.79 Å². The molecule has 0 radical (unpaired) electrons. The summed E-state index contributed by atoms with van der Waals surface area (Å²) in [4.78, 5) is 14.4. The number of fused-ring (bicyclic) bond motifs is 2. The van der Waals surface area contributed by atoms with Gasteiger partial charge in [0.05, 0.1) is 0 Å². The molecule has 0 bridgehead atoms. The number of anilines is 1. The highest BCUT2D eigenvalue weighted by Gasteiger charge is 2.36. The Morgan fingerprint density at radius 3 is 2.79 bits per heavy atom. The molecule has 1 aromatic carbocycles. The van der Waals surface area contributed by atoms with Crippen LogP contribution in [0.15, 0.2) is 48.8 Å². The molecule has 0 unspecified atom stereocenters. The number of pyridine rings is 1. The van der Waals surface area contributed by atoms with E-state index in [4.69, 9.17) is 0 Å². The van der Waals surface area contributed by atoms with Crippen molar-refractivity contribution >= 4 is 17.1 Å². The van der Waals surface area contributed by atoms with Crippen molar-refractivity contribution in [2.24, 2.45) is 5.92 Å². The molecule has 1 fully saturated rings. The second-order valence-electron chi connectivity index (χ2n) is 7.12. The van der Waals surface area contributed by atoms with Crippen LogP contribution in [0.25, 0.3) is 16.6 Å². The van der Waals surface area contributed by atoms with Crippen molar-refractivity contribution in [1.82, 2.24) is 4.40 Å². The van der Waals surface area contributed by atoms with Gasteiger partial charge in [-0.3, -0.25) is 4.79 Å².